The molecule has 0 aromatic heterocycles. The molecule has 0 spiro atoms. The molecular weight excluding hydrogens is 413 g/mol. The predicted octanol–water partition coefficient (Wildman–Crippen LogP) is 4.29. The zero-order valence-electron chi connectivity index (χ0n) is 15.8. The van der Waals surface area contributed by atoms with Crippen LogP contribution in [0.15, 0.2) is 4.99 Å². The first kappa shape index (κ1) is 22.0. The van der Waals surface area contributed by atoms with Gasteiger partial charge in [0, 0.05) is 38.7 Å². The molecule has 1 saturated heterocycles. The lowest BCUT2D eigenvalue weighted by Gasteiger charge is -2.21. The highest BCUT2D eigenvalue weighted by molar-refractivity contribution is 14.0. The zero-order chi connectivity index (χ0) is 16.3. The van der Waals surface area contributed by atoms with Crippen molar-refractivity contribution < 1.29 is 4.74 Å². The standard InChI is InChI=1S/C19H37N3O.HI/c1-3-20-19(22-14-12-18(15-22)16-23-4-2)21-13-8-7-11-17-9-5-6-10-17;/h17-18H,3-16H2,1-2H3,(H,20,21);1H. The number of aliphatic imine (C=N–C) groups is 1. The predicted molar refractivity (Wildman–Crippen MR) is 113 cm³/mol. The van der Waals surface area contributed by atoms with Gasteiger partial charge in [-0.25, -0.2) is 0 Å². The average molecular weight is 451 g/mol. The highest BCUT2D eigenvalue weighted by atomic mass is 127. The molecule has 0 bridgehead atoms. The molecular formula is C19H38IN3O. The maximum Gasteiger partial charge on any atom is 0.193 e. The van der Waals surface area contributed by atoms with Crippen LogP contribution in [-0.2, 0) is 4.74 Å². The minimum absolute atomic E-state index is 0. The molecule has 2 aliphatic rings. The van der Waals surface area contributed by atoms with Crippen molar-refractivity contribution in [2.45, 2.75) is 65.2 Å². The average Bonchev–Trinajstić information content (AvgIpc) is 3.23. The first-order valence-corrected chi connectivity index (χ1v) is 9.94. The van der Waals surface area contributed by atoms with Gasteiger partial charge in [0.05, 0.1) is 6.61 Å². The van der Waals surface area contributed by atoms with Gasteiger partial charge in [-0.2, -0.15) is 0 Å². The van der Waals surface area contributed by atoms with Gasteiger partial charge in [0.1, 0.15) is 0 Å². The van der Waals surface area contributed by atoms with Crippen LogP contribution in [0.5, 0.6) is 0 Å². The van der Waals surface area contributed by atoms with Gasteiger partial charge in [0.2, 0.25) is 0 Å². The van der Waals surface area contributed by atoms with E-state index in [0.717, 1.165) is 51.3 Å². The van der Waals surface area contributed by atoms with Crippen molar-refractivity contribution in [2.24, 2.45) is 16.8 Å². The highest BCUT2D eigenvalue weighted by Gasteiger charge is 2.24. The number of ether oxygens (including phenoxy) is 1. The molecule has 2 rings (SSSR count). The Balaban J connectivity index is 0.00000288. The largest absolute Gasteiger partial charge is 0.381 e. The fourth-order valence-corrected chi connectivity index (χ4v) is 3.90. The van der Waals surface area contributed by atoms with E-state index in [-0.39, 0.29) is 24.0 Å². The molecule has 1 heterocycles. The first-order valence-electron chi connectivity index (χ1n) is 9.94. The lowest BCUT2D eigenvalue weighted by molar-refractivity contribution is 0.114. The van der Waals surface area contributed by atoms with Crippen LogP contribution in [0.2, 0.25) is 0 Å². The summed E-state index contributed by atoms with van der Waals surface area (Å²) in [5.74, 6) is 2.80. The minimum Gasteiger partial charge on any atom is -0.381 e. The van der Waals surface area contributed by atoms with Gasteiger partial charge in [0.15, 0.2) is 5.96 Å². The van der Waals surface area contributed by atoms with Crippen LogP contribution in [0.25, 0.3) is 0 Å². The number of hydrogen-bond acceptors (Lipinski definition) is 2. The van der Waals surface area contributed by atoms with Crippen LogP contribution in [0.3, 0.4) is 0 Å². The summed E-state index contributed by atoms with van der Waals surface area (Å²) in [4.78, 5) is 7.29. The number of likely N-dealkylation sites (tertiary alicyclic amines) is 1. The van der Waals surface area contributed by atoms with Crippen LogP contribution < -0.4 is 5.32 Å². The third kappa shape index (κ3) is 7.89. The summed E-state index contributed by atoms with van der Waals surface area (Å²) in [5, 5.41) is 3.47. The second kappa shape index (κ2) is 13.2. The van der Waals surface area contributed by atoms with Crippen LogP contribution in [0.4, 0.5) is 0 Å². The van der Waals surface area contributed by atoms with Gasteiger partial charge in [-0.1, -0.05) is 38.5 Å². The minimum atomic E-state index is 0. The van der Waals surface area contributed by atoms with E-state index in [0.29, 0.717) is 5.92 Å². The van der Waals surface area contributed by atoms with Gasteiger partial charge < -0.3 is 15.0 Å². The molecule has 24 heavy (non-hydrogen) atoms. The van der Waals surface area contributed by atoms with E-state index in [1.807, 2.05) is 0 Å². The maximum atomic E-state index is 5.58. The van der Waals surface area contributed by atoms with Crippen molar-refractivity contribution in [1.82, 2.24) is 10.2 Å². The smallest absolute Gasteiger partial charge is 0.193 e. The van der Waals surface area contributed by atoms with E-state index in [9.17, 15) is 0 Å². The van der Waals surface area contributed by atoms with Crippen molar-refractivity contribution in [1.29, 1.82) is 0 Å². The van der Waals surface area contributed by atoms with E-state index in [2.05, 4.69) is 24.1 Å². The molecule has 1 aliphatic carbocycles. The van der Waals surface area contributed by atoms with Crippen molar-refractivity contribution in [3.63, 3.8) is 0 Å². The highest BCUT2D eigenvalue weighted by Crippen LogP contribution is 2.28. The van der Waals surface area contributed by atoms with Crippen molar-refractivity contribution in [3.8, 4) is 0 Å². The van der Waals surface area contributed by atoms with Crippen molar-refractivity contribution in [2.75, 3.05) is 39.4 Å². The normalized spacial score (nSPS) is 22.0. The number of hydrogen-bond donors (Lipinski definition) is 1. The van der Waals surface area contributed by atoms with Gasteiger partial charge in [-0.15, -0.1) is 24.0 Å². The molecule has 1 aliphatic heterocycles. The maximum absolute atomic E-state index is 5.58. The Bertz CT molecular complexity index is 346. The van der Waals surface area contributed by atoms with Crippen molar-refractivity contribution >= 4 is 29.9 Å². The van der Waals surface area contributed by atoms with Gasteiger partial charge in [-0.05, 0) is 32.6 Å². The zero-order valence-corrected chi connectivity index (χ0v) is 18.1. The Morgan fingerprint density at radius 2 is 1.92 bits per heavy atom. The Morgan fingerprint density at radius 1 is 1.12 bits per heavy atom. The summed E-state index contributed by atoms with van der Waals surface area (Å²) in [6, 6.07) is 0. The molecule has 142 valence electrons. The monoisotopic (exact) mass is 451 g/mol. The number of rotatable bonds is 9. The van der Waals surface area contributed by atoms with Crippen LogP contribution in [0.1, 0.15) is 65.2 Å². The van der Waals surface area contributed by atoms with Gasteiger partial charge in [-0.3, -0.25) is 4.99 Å². The molecule has 1 N–H and O–H groups in total. The molecule has 5 heteroatoms. The molecule has 0 radical (unpaired) electrons. The number of nitrogens with zero attached hydrogens (tertiary/aromatic N) is 2. The third-order valence-corrected chi connectivity index (χ3v) is 5.23. The molecule has 0 amide bonds. The molecule has 1 unspecified atom stereocenters. The topological polar surface area (TPSA) is 36.9 Å². The third-order valence-electron chi connectivity index (χ3n) is 5.23. The summed E-state index contributed by atoms with van der Waals surface area (Å²) in [6.45, 7) is 10.1. The van der Waals surface area contributed by atoms with Crippen LogP contribution >= 0.6 is 24.0 Å². The second-order valence-corrected chi connectivity index (χ2v) is 7.14. The lowest BCUT2D eigenvalue weighted by atomic mass is 10.0. The van der Waals surface area contributed by atoms with Crippen LogP contribution in [-0.4, -0.2) is 50.3 Å². The van der Waals surface area contributed by atoms with Gasteiger partial charge >= 0.3 is 0 Å². The lowest BCUT2D eigenvalue weighted by Crippen LogP contribution is -2.40. The molecule has 1 saturated carbocycles. The summed E-state index contributed by atoms with van der Waals surface area (Å²) >= 11 is 0. The molecule has 0 aromatic carbocycles. The Morgan fingerprint density at radius 3 is 2.62 bits per heavy atom. The van der Waals surface area contributed by atoms with Crippen LogP contribution in [0, 0.1) is 11.8 Å². The fraction of sp³-hybridized carbons (Fsp3) is 0.947. The van der Waals surface area contributed by atoms with E-state index < -0.39 is 0 Å². The van der Waals surface area contributed by atoms with Gasteiger partial charge in [0.25, 0.3) is 0 Å². The fourth-order valence-electron chi connectivity index (χ4n) is 3.90. The number of halogens is 1. The Labute approximate surface area is 166 Å². The van der Waals surface area contributed by atoms with E-state index >= 15 is 0 Å². The summed E-state index contributed by atoms with van der Waals surface area (Å²) < 4.78 is 5.58. The Hall–Kier alpha value is -0.0400. The molecule has 2 fully saturated rings. The SMILES string of the molecule is CCNC(=NCCCCC1CCCC1)N1CCC(COCC)C1.I. The first-order chi connectivity index (χ1) is 11.3. The van der Waals surface area contributed by atoms with E-state index in [1.54, 1.807) is 0 Å². The van der Waals surface area contributed by atoms with E-state index in [1.165, 1.54) is 51.4 Å². The molecule has 1 atom stereocenters. The second-order valence-electron chi connectivity index (χ2n) is 7.14. The number of guanidine groups is 1. The number of unbranched alkanes of at least 4 members (excludes halogenated alkanes) is 1. The Kier molecular flexibility index (Phi) is 12.1. The summed E-state index contributed by atoms with van der Waals surface area (Å²) in [7, 11) is 0. The quantitative estimate of drug-likeness (QED) is 0.246. The van der Waals surface area contributed by atoms with E-state index in [4.69, 9.17) is 9.73 Å². The molecule has 0 aromatic rings. The number of nitrogens with one attached hydrogen (secondary N) is 1. The summed E-state index contributed by atoms with van der Waals surface area (Å²) in [6.07, 6.45) is 11.1. The summed E-state index contributed by atoms with van der Waals surface area (Å²) in [5.41, 5.74) is 0. The molecule has 4 nitrogen and oxygen atoms in total. The van der Waals surface area contributed by atoms with Crippen molar-refractivity contribution in [3.05, 3.63) is 0 Å².